The summed E-state index contributed by atoms with van der Waals surface area (Å²) in [5, 5.41) is 3.13. The summed E-state index contributed by atoms with van der Waals surface area (Å²) >= 11 is 0. The van der Waals surface area contributed by atoms with Crippen LogP contribution in [0.5, 0.6) is 5.75 Å². The van der Waals surface area contributed by atoms with Gasteiger partial charge in [0.2, 0.25) is 5.91 Å². The quantitative estimate of drug-likeness (QED) is 0.227. The molecule has 1 aliphatic heterocycles. The number of carbonyl (C=O) groups is 2. The molecule has 3 rings (SSSR count). The van der Waals surface area contributed by atoms with Gasteiger partial charge >= 0.3 is 6.03 Å². The number of hydrogen-bond donors (Lipinski definition) is 1. The molecule has 0 radical (unpaired) electrons. The first kappa shape index (κ1) is 31.7. The highest BCUT2D eigenvalue weighted by atomic mass is 16.5. The van der Waals surface area contributed by atoms with Crippen molar-refractivity contribution >= 4 is 11.9 Å². The maximum absolute atomic E-state index is 13.5. The summed E-state index contributed by atoms with van der Waals surface area (Å²) < 4.78 is 12.5. The highest BCUT2D eigenvalue weighted by Crippen LogP contribution is 2.46. The summed E-state index contributed by atoms with van der Waals surface area (Å²) in [5.41, 5.74) is 2.52. The lowest BCUT2D eigenvalue weighted by Gasteiger charge is -2.53. The summed E-state index contributed by atoms with van der Waals surface area (Å²) in [4.78, 5) is 28.3. The van der Waals surface area contributed by atoms with Crippen LogP contribution >= 0.6 is 0 Å². The number of methoxy groups -OCH3 is 1. The molecule has 2 unspecified atom stereocenters. The van der Waals surface area contributed by atoms with Crippen LogP contribution in [0.4, 0.5) is 4.79 Å². The number of urea groups is 1. The second-order valence-electron chi connectivity index (χ2n) is 11.4. The lowest BCUT2D eigenvalue weighted by molar-refractivity contribution is -0.191. The summed E-state index contributed by atoms with van der Waals surface area (Å²) in [6.45, 7) is 12.5. The maximum atomic E-state index is 13.5. The Morgan fingerprint density at radius 1 is 0.950 bits per heavy atom. The van der Waals surface area contributed by atoms with E-state index in [1.165, 1.54) is 16.0 Å². The van der Waals surface area contributed by atoms with Crippen molar-refractivity contribution in [2.45, 2.75) is 117 Å². The van der Waals surface area contributed by atoms with E-state index in [9.17, 15) is 9.59 Å². The van der Waals surface area contributed by atoms with Crippen LogP contribution in [-0.2, 0) is 16.0 Å². The Hall–Kier alpha value is -2.86. The Kier molecular flexibility index (Phi) is 11.2. The SMILES string of the molecule is CCCC(NC(=O)N1C(=O)C(CC)(CC)C1Oc1ccc(CC(CCC)(CCC)OC)cc1)c1ccc(C)cc1. The molecular formula is C34H50N2O4. The van der Waals surface area contributed by atoms with E-state index in [1.54, 1.807) is 0 Å². The van der Waals surface area contributed by atoms with Gasteiger partial charge in [-0.1, -0.05) is 95.8 Å². The van der Waals surface area contributed by atoms with Gasteiger partial charge in [0.1, 0.15) is 11.2 Å². The minimum Gasteiger partial charge on any atom is -0.469 e. The van der Waals surface area contributed by atoms with E-state index in [4.69, 9.17) is 9.47 Å². The van der Waals surface area contributed by atoms with Gasteiger partial charge in [-0.3, -0.25) is 4.79 Å². The van der Waals surface area contributed by atoms with Crippen molar-refractivity contribution in [1.29, 1.82) is 0 Å². The van der Waals surface area contributed by atoms with E-state index in [2.05, 4.69) is 50.4 Å². The number of carbonyl (C=O) groups excluding carboxylic acids is 2. The van der Waals surface area contributed by atoms with Crippen LogP contribution in [0.2, 0.25) is 0 Å². The molecule has 1 N–H and O–H groups in total. The molecular weight excluding hydrogens is 500 g/mol. The smallest absolute Gasteiger partial charge is 0.327 e. The number of hydrogen-bond acceptors (Lipinski definition) is 4. The molecule has 1 saturated heterocycles. The summed E-state index contributed by atoms with van der Waals surface area (Å²) in [6.07, 6.45) is 7.27. The van der Waals surface area contributed by atoms with E-state index < -0.39 is 17.7 Å². The first-order chi connectivity index (χ1) is 19.2. The standard InChI is InChI=1S/C34H50N2O4/c1-8-13-29(27-18-14-25(6)15-19-27)35-32(38)36-30(37)34(11-4,12-5)31(36)40-28-20-16-26(17-21-28)24-33(39-7,22-9-2)23-10-3/h14-21,29,31H,8-13,22-24H2,1-7H3,(H,35,38). The van der Waals surface area contributed by atoms with Crippen molar-refractivity contribution < 1.29 is 19.1 Å². The molecule has 6 heteroatoms. The van der Waals surface area contributed by atoms with Gasteiger partial charge in [0.25, 0.3) is 0 Å². The zero-order chi connectivity index (χ0) is 29.3. The number of amides is 3. The number of nitrogens with one attached hydrogen (secondary N) is 1. The number of likely N-dealkylation sites (tertiary alicyclic amines) is 1. The summed E-state index contributed by atoms with van der Waals surface area (Å²) in [7, 11) is 1.81. The van der Waals surface area contributed by atoms with Crippen LogP contribution in [-0.4, -0.2) is 35.8 Å². The molecule has 1 aliphatic rings. The zero-order valence-corrected chi connectivity index (χ0v) is 25.7. The Morgan fingerprint density at radius 3 is 2.05 bits per heavy atom. The Labute approximate surface area is 241 Å². The van der Waals surface area contributed by atoms with Crippen molar-refractivity contribution in [1.82, 2.24) is 10.2 Å². The van der Waals surface area contributed by atoms with Gasteiger partial charge in [-0.05, 0) is 62.3 Å². The van der Waals surface area contributed by atoms with Gasteiger partial charge in [0, 0.05) is 13.5 Å². The van der Waals surface area contributed by atoms with Crippen LogP contribution < -0.4 is 10.1 Å². The van der Waals surface area contributed by atoms with Crippen molar-refractivity contribution in [2.24, 2.45) is 5.41 Å². The molecule has 1 heterocycles. The van der Waals surface area contributed by atoms with E-state index >= 15 is 0 Å². The number of benzene rings is 2. The average molecular weight is 551 g/mol. The van der Waals surface area contributed by atoms with Crippen LogP contribution in [0.15, 0.2) is 48.5 Å². The minimum absolute atomic E-state index is 0.160. The fourth-order valence-electron chi connectivity index (χ4n) is 6.20. The molecule has 0 aromatic heterocycles. The van der Waals surface area contributed by atoms with Crippen LogP contribution in [0.1, 0.15) is 109 Å². The van der Waals surface area contributed by atoms with Crippen molar-refractivity contribution in [2.75, 3.05) is 7.11 Å². The average Bonchev–Trinajstić information content (AvgIpc) is 2.95. The summed E-state index contributed by atoms with van der Waals surface area (Å²) in [6, 6.07) is 15.7. The monoisotopic (exact) mass is 550 g/mol. The first-order valence-electron chi connectivity index (χ1n) is 15.2. The first-order valence-corrected chi connectivity index (χ1v) is 15.2. The number of rotatable bonds is 15. The predicted molar refractivity (Wildman–Crippen MR) is 161 cm³/mol. The Balaban J connectivity index is 1.80. The third kappa shape index (κ3) is 6.71. The van der Waals surface area contributed by atoms with E-state index in [-0.39, 0.29) is 17.6 Å². The van der Waals surface area contributed by atoms with Crippen molar-refractivity contribution in [3.63, 3.8) is 0 Å². The molecule has 220 valence electrons. The van der Waals surface area contributed by atoms with E-state index in [0.717, 1.165) is 50.5 Å². The normalized spacial score (nSPS) is 17.3. The summed E-state index contributed by atoms with van der Waals surface area (Å²) in [5.74, 6) is 0.489. The second kappa shape index (κ2) is 14.2. The number of β-lactam (4-membered cyclic amide) rings is 1. The highest BCUT2D eigenvalue weighted by molar-refractivity contribution is 6.03. The van der Waals surface area contributed by atoms with Gasteiger partial charge in [0.15, 0.2) is 6.23 Å². The Bertz CT molecular complexity index is 1090. The van der Waals surface area contributed by atoms with Crippen LogP contribution in [0.25, 0.3) is 0 Å². The van der Waals surface area contributed by atoms with Crippen LogP contribution in [0.3, 0.4) is 0 Å². The molecule has 0 aliphatic carbocycles. The van der Waals surface area contributed by atoms with Gasteiger partial charge in [0.05, 0.1) is 11.6 Å². The highest BCUT2D eigenvalue weighted by Gasteiger charge is 2.63. The maximum Gasteiger partial charge on any atom is 0.327 e. The molecule has 6 nitrogen and oxygen atoms in total. The predicted octanol–water partition coefficient (Wildman–Crippen LogP) is 8.13. The molecule has 1 fully saturated rings. The van der Waals surface area contributed by atoms with Gasteiger partial charge in [-0.25, -0.2) is 9.69 Å². The zero-order valence-electron chi connectivity index (χ0n) is 25.7. The molecule has 0 spiro atoms. The van der Waals surface area contributed by atoms with Crippen LogP contribution in [0, 0.1) is 12.3 Å². The Morgan fingerprint density at radius 2 is 1.55 bits per heavy atom. The third-order valence-corrected chi connectivity index (χ3v) is 8.73. The molecule has 0 bridgehead atoms. The second-order valence-corrected chi connectivity index (χ2v) is 11.4. The minimum atomic E-state index is -0.715. The molecule has 40 heavy (non-hydrogen) atoms. The fourth-order valence-corrected chi connectivity index (χ4v) is 6.20. The number of imide groups is 1. The largest absolute Gasteiger partial charge is 0.469 e. The molecule has 2 aromatic carbocycles. The van der Waals surface area contributed by atoms with Crippen molar-refractivity contribution in [3.05, 3.63) is 65.2 Å². The van der Waals surface area contributed by atoms with E-state index in [1.807, 2.05) is 52.1 Å². The lowest BCUT2D eigenvalue weighted by atomic mass is 9.72. The van der Waals surface area contributed by atoms with Gasteiger partial charge in [-0.2, -0.15) is 0 Å². The number of ether oxygens (including phenoxy) is 2. The fraction of sp³-hybridized carbons (Fsp3) is 0.588. The molecule has 2 aromatic rings. The molecule has 3 amide bonds. The lowest BCUT2D eigenvalue weighted by Crippen LogP contribution is -2.73. The van der Waals surface area contributed by atoms with Crippen molar-refractivity contribution in [3.8, 4) is 5.75 Å². The number of aryl methyl sites for hydroxylation is 1. The number of nitrogens with zero attached hydrogens (tertiary/aromatic N) is 1. The molecule has 2 atom stereocenters. The third-order valence-electron chi connectivity index (χ3n) is 8.73. The topological polar surface area (TPSA) is 67.9 Å². The molecule has 0 saturated carbocycles. The van der Waals surface area contributed by atoms with Gasteiger partial charge in [-0.15, -0.1) is 0 Å². The van der Waals surface area contributed by atoms with Gasteiger partial charge < -0.3 is 14.8 Å². The van der Waals surface area contributed by atoms with E-state index in [0.29, 0.717) is 18.6 Å².